The molecule has 2 aliphatic rings. The van der Waals surface area contributed by atoms with Crippen LogP contribution in [0.4, 0.5) is 4.79 Å². The van der Waals surface area contributed by atoms with Crippen molar-refractivity contribution in [1.29, 1.82) is 0 Å². The van der Waals surface area contributed by atoms with Crippen LogP contribution in [0.3, 0.4) is 0 Å². The molecule has 2 amide bonds. The van der Waals surface area contributed by atoms with Crippen LogP contribution in [0.25, 0.3) is 0 Å². The summed E-state index contributed by atoms with van der Waals surface area (Å²) in [5, 5.41) is 5.69. The molecule has 24 heavy (non-hydrogen) atoms. The van der Waals surface area contributed by atoms with Gasteiger partial charge in [0, 0.05) is 25.7 Å². The standard InChI is InChI=1S/C15H21N3O5S/c1-24(20,21)18-6-4-12(5-7-18)17-15(19)16-9-11-2-3-13-14(8-11)23-10-22-13/h2-3,8,12H,4-7,9-10H2,1H3,(H2,16,17,19). The van der Waals surface area contributed by atoms with Gasteiger partial charge in [0.15, 0.2) is 11.5 Å². The Balaban J connectivity index is 1.43. The fraction of sp³-hybridized carbons (Fsp3) is 0.533. The van der Waals surface area contributed by atoms with Gasteiger partial charge in [-0.3, -0.25) is 0 Å². The molecule has 1 aromatic carbocycles. The number of carbonyl (C=O) groups excluding carboxylic acids is 1. The first-order valence-electron chi connectivity index (χ1n) is 7.80. The fourth-order valence-corrected chi connectivity index (χ4v) is 3.68. The maximum Gasteiger partial charge on any atom is 0.315 e. The molecule has 2 aliphatic heterocycles. The maximum absolute atomic E-state index is 12.0. The number of nitrogens with zero attached hydrogens (tertiary/aromatic N) is 1. The number of amides is 2. The Morgan fingerprint density at radius 3 is 2.67 bits per heavy atom. The molecule has 0 unspecified atom stereocenters. The van der Waals surface area contributed by atoms with E-state index in [-0.39, 0.29) is 18.9 Å². The van der Waals surface area contributed by atoms with E-state index in [1.165, 1.54) is 10.6 Å². The van der Waals surface area contributed by atoms with Crippen LogP contribution in [-0.2, 0) is 16.6 Å². The van der Waals surface area contributed by atoms with Gasteiger partial charge in [0.1, 0.15) is 0 Å². The molecule has 0 aromatic heterocycles. The number of fused-ring (bicyclic) bond motifs is 1. The molecule has 0 spiro atoms. The topological polar surface area (TPSA) is 97.0 Å². The van der Waals surface area contributed by atoms with E-state index in [9.17, 15) is 13.2 Å². The molecule has 2 N–H and O–H groups in total. The minimum absolute atomic E-state index is 0.0141. The first kappa shape index (κ1) is 16.8. The van der Waals surface area contributed by atoms with Gasteiger partial charge in [-0.25, -0.2) is 17.5 Å². The first-order chi connectivity index (χ1) is 11.4. The van der Waals surface area contributed by atoms with Crippen molar-refractivity contribution in [2.24, 2.45) is 0 Å². The van der Waals surface area contributed by atoms with Crippen LogP contribution in [0.2, 0.25) is 0 Å². The summed E-state index contributed by atoms with van der Waals surface area (Å²) in [5.41, 5.74) is 0.918. The number of piperidine rings is 1. The highest BCUT2D eigenvalue weighted by Crippen LogP contribution is 2.32. The van der Waals surface area contributed by atoms with Crippen molar-refractivity contribution < 1.29 is 22.7 Å². The van der Waals surface area contributed by atoms with Crippen molar-refractivity contribution >= 4 is 16.1 Å². The second-order valence-corrected chi connectivity index (χ2v) is 7.93. The molecule has 1 aromatic rings. The van der Waals surface area contributed by atoms with Gasteiger partial charge in [0.2, 0.25) is 16.8 Å². The summed E-state index contributed by atoms with van der Waals surface area (Å²) in [6.07, 6.45) is 2.44. The van der Waals surface area contributed by atoms with E-state index in [0.29, 0.717) is 44.0 Å². The number of nitrogens with one attached hydrogen (secondary N) is 2. The van der Waals surface area contributed by atoms with Crippen molar-refractivity contribution in [2.45, 2.75) is 25.4 Å². The molecule has 2 heterocycles. The highest BCUT2D eigenvalue weighted by Gasteiger charge is 2.25. The van der Waals surface area contributed by atoms with Gasteiger partial charge in [0.05, 0.1) is 6.26 Å². The Bertz CT molecular complexity index is 714. The predicted molar refractivity (Wildman–Crippen MR) is 87.4 cm³/mol. The molecule has 0 atom stereocenters. The first-order valence-corrected chi connectivity index (χ1v) is 9.64. The number of urea groups is 1. The van der Waals surface area contributed by atoms with Crippen molar-refractivity contribution in [2.75, 3.05) is 26.1 Å². The second-order valence-electron chi connectivity index (χ2n) is 5.95. The van der Waals surface area contributed by atoms with E-state index in [1.54, 1.807) is 0 Å². The minimum atomic E-state index is -3.15. The molecule has 0 saturated carbocycles. The van der Waals surface area contributed by atoms with Crippen molar-refractivity contribution in [3.8, 4) is 11.5 Å². The molecule has 132 valence electrons. The molecule has 1 saturated heterocycles. The summed E-state index contributed by atoms with van der Waals surface area (Å²) in [4.78, 5) is 12.0. The van der Waals surface area contributed by atoms with Crippen molar-refractivity contribution in [1.82, 2.24) is 14.9 Å². The van der Waals surface area contributed by atoms with Gasteiger partial charge in [-0.1, -0.05) is 6.07 Å². The molecule has 0 aliphatic carbocycles. The van der Waals surface area contributed by atoms with Crippen molar-refractivity contribution in [3.05, 3.63) is 23.8 Å². The summed E-state index contributed by atoms with van der Waals surface area (Å²) < 4.78 is 34.9. The lowest BCUT2D eigenvalue weighted by Gasteiger charge is -2.30. The number of sulfonamides is 1. The number of ether oxygens (including phenoxy) is 2. The molecule has 1 fully saturated rings. The Kier molecular flexibility index (Phi) is 4.81. The SMILES string of the molecule is CS(=O)(=O)N1CCC(NC(=O)NCc2ccc3c(c2)OCO3)CC1. The lowest BCUT2D eigenvalue weighted by atomic mass is 10.1. The third-order valence-electron chi connectivity index (χ3n) is 4.15. The van der Waals surface area contributed by atoms with E-state index in [4.69, 9.17) is 9.47 Å². The zero-order chi connectivity index (χ0) is 17.2. The van der Waals surface area contributed by atoms with Crippen molar-refractivity contribution in [3.63, 3.8) is 0 Å². The van der Waals surface area contributed by atoms with Gasteiger partial charge in [0.25, 0.3) is 0 Å². The summed E-state index contributed by atoms with van der Waals surface area (Å²) >= 11 is 0. The van der Waals surface area contributed by atoms with Crippen LogP contribution in [0.5, 0.6) is 11.5 Å². The highest BCUT2D eigenvalue weighted by molar-refractivity contribution is 7.88. The zero-order valence-electron chi connectivity index (χ0n) is 13.4. The number of benzene rings is 1. The van der Waals surface area contributed by atoms with E-state index in [0.717, 1.165) is 5.56 Å². The Labute approximate surface area is 141 Å². The van der Waals surface area contributed by atoms with Crippen LogP contribution in [0, 0.1) is 0 Å². The Morgan fingerprint density at radius 2 is 1.96 bits per heavy atom. The van der Waals surface area contributed by atoms with Crippen LogP contribution in [-0.4, -0.2) is 50.9 Å². The molecular weight excluding hydrogens is 334 g/mol. The van der Waals surface area contributed by atoms with E-state index in [1.807, 2.05) is 18.2 Å². The average Bonchev–Trinajstić information content (AvgIpc) is 3.00. The third kappa shape index (κ3) is 4.09. The zero-order valence-corrected chi connectivity index (χ0v) is 14.3. The van der Waals surface area contributed by atoms with E-state index in [2.05, 4.69) is 10.6 Å². The smallest absolute Gasteiger partial charge is 0.315 e. The van der Waals surface area contributed by atoms with Crippen LogP contribution in [0.1, 0.15) is 18.4 Å². The van der Waals surface area contributed by atoms with Crippen LogP contribution >= 0.6 is 0 Å². The molecular formula is C15H21N3O5S. The number of rotatable bonds is 4. The number of hydrogen-bond donors (Lipinski definition) is 2. The molecule has 0 bridgehead atoms. The highest BCUT2D eigenvalue weighted by atomic mass is 32.2. The van der Waals surface area contributed by atoms with Gasteiger partial charge in [-0.05, 0) is 30.5 Å². The average molecular weight is 355 g/mol. The summed E-state index contributed by atoms with van der Waals surface area (Å²) in [5.74, 6) is 1.39. The quantitative estimate of drug-likeness (QED) is 0.826. The molecule has 0 radical (unpaired) electrons. The van der Waals surface area contributed by atoms with E-state index < -0.39 is 10.0 Å². The lowest BCUT2D eigenvalue weighted by Crippen LogP contribution is -2.48. The van der Waals surface area contributed by atoms with Crippen LogP contribution < -0.4 is 20.1 Å². The van der Waals surface area contributed by atoms with E-state index >= 15 is 0 Å². The predicted octanol–water partition coefficient (Wildman–Crippen LogP) is 0.639. The fourth-order valence-electron chi connectivity index (χ4n) is 2.80. The summed E-state index contributed by atoms with van der Waals surface area (Å²) in [6.45, 7) is 1.47. The van der Waals surface area contributed by atoms with Crippen LogP contribution in [0.15, 0.2) is 18.2 Å². The molecule has 9 heteroatoms. The second kappa shape index (κ2) is 6.86. The monoisotopic (exact) mass is 355 g/mol. The van der Waals surface area contributed by atoms with Gasteiger partial charge < -0.3 is 20.1 Å². The summed E-state index contributed by atoms with van der Waals surface area (Å²) in [7, 11) is -3.15. The molecule has 3 rings (SSSR count). The normalized spacial score (nSPS) is 18.4. The lowest BCUT2D eigenvalue weighted by molar-refractivity contribution is 0.174. The number of carbonyl (C=O) groups is 1. The third-order valence-corrected chi connectivity index (χ3v) is 5.45. The van der Waals surface area contributed by atoms with Gasteiger partial charge >= 0.3 is 6.03 Å². The Hall–Kier alpha value is -2.00. The summed E-state index contributed by atoms with van der Waals surface area (Å²) in [6, 6.07) is 5.26. The largest absolute Gasteiger partial charge is 0.454 e. The molecule has 8 nitrogen and oxygen atoms in total. The minimum Gasteiger partial charge on any atom is -0.454 e. The Morgan fingerprint density at radius 1 is 1.25 bits per heavy atom. The van der Waals surface area contributed by atoms with Gasteiger partial charge in [-0.2, -0.15) is 0 Å². The van der Waals surface area contributed by atoms with Gasteiger partial charge in [-0.15, -0.1) is 0 Å². The maximum atomic E-state index is 12.0. The number of hydrogen-bond acceptors (Lipinski definition) is 5.